The van der Waals surface area contributed by atoms with E-state index >= 15 is 0 Å². The van der Waals surface area contributed by atoms with E-state index in [2.05, 4.69) is 52.8 Å². The number of halogens is 1. The van der Waals surface area contributed by atoms with Crippen LogP contribution in [0.3, 0.4) is 0 Å². The molecule has 1 aliphatic heterocycles. The fraction of sp³-hybridized carbons (Fsp3) is 0.667. The van der Waals surface area contributed by atoms with Gasteiger partial charge in [0.2, 0.25) is 10.0 Å². The van der Waals surface area contributed by atoms with E-state index in [9.17, 15) is 8.42 Å². The van der Waals surface area contributed by atoms with Gasteiger partial charge < -0.3 is 10.6 Å². The van der Waals surface area contributed by atoms with Gasteiger partial charge in [0.1, 0.15) is 0 Å². The Morgan fingerprint density at radius 2 is 1.97 bits per heavy atom. The summed E-state index contributed by atoms with van der Waals surface area (Å²) in [4.78, 5) is 7.32. The monoisotopic (exact) mass is 551 g/mol. The number of benzene rings is 1. The molecule has 2 rings (SSSR count). The van der Waals surface area contributed by atoms with E-state index in [-0.39, 0.29) is 24.0 Å². The van der Waals surface area contributed by atoms with Gasteiger partial charge in [-0.05, 0) is 38.3 Å². The molecule has 0 saturated carbocycles. The standard InChI is InChI=1S/C21H37N5O2S.HI/c1-4-22-21(23-14-10-16-26(5-2)29(3,27)28)24-17-20-13-9-15-25(20)18-19-11-7-6-8-12-19;/h6-8,11-12,20H,4-5,9-10,13-18H2,1-3H3,(H2,22,23,24);1H. The van der Waals surface area contributed by atoms with Crippen molar-refractivity contribution in [2.24, 2.45) is 4.99 Å². The lowest BCUT2D eigenvalue weighted by molar-refractivity contribution is 0.250. The van der Waals surface area contributed by atoms with Crippen molar-refractivity contribution in [3.63, 3.8) is 0 Å². The molecule has 1 saturated heterocycles. The average molecular weight is 552 g/mol. The van der Waals surface area contributed by atoms with Crippen molar-refractivity contribution in [3.8, 4) is 0 Å². The number of hydrogen-bond acceptors (Lipinski definition) is 4. The summed E-state index contributed by atoms with van der Waals surface area (Å²) in [5.41, 5.74) is 1.35. The molecular weight excluding hydrogens is 513 g/mol. The molecule has 2 N–H and O–H groups in total. The molecule has 1 fully saturated rings. The summed E-state index contributed by atoms with van der Waals surface area (Å²) in [6, 6.07) is 11.1. The first-order chi connectivity index (χ1) is 13.9. The highest BCUT2D eigenvalue weighted by Crippen LogP contribution is 2.20. The van der Waals surface area contributed by atoms with E-state index in [0.717, 1.165) is 38.6 Å². The molecule has 172 valence electrons. The van der Waals surface area contributed by atoms with Gasteiger partial charge >= 0.3 is 0 Å². The number of rotatable bonds is 11. The Kier molecular flexibility index (Phi) is 12.8. The molecule has 1 unspecified atom stereocenters. The van der Waals surface area contributed by atoms with Crippen LogP contribution in [0.2, 0.25) is 0 Å². The highest BCUT2D eigenvalue weighted by atomic mass is 127. The number of sulfonamides is 1. The van der Waals surface area contributed by atoms with Gasteiger partial charge in [-0.25, -0.2) is 12.7 Å². The molecule has 0 aromatic heterocycles. The van der Waals surface area contributed by atoms with Crippen LogP contribution >= 0.6 is 24.0 Å². The number of nitrogens with zero attached hydrogens (tertiary/aromatic N) is 3. The second-order valence-electron chi connectivity index (χ2n) is 7.51. The van der Waals surface area contributed by atoms with Crippen LogP contribution in [0.5, 0.6) is 0 Å². The zero-order valence-electron chi connectivity index (χ0n) is 18.5. The fourth-order valence-electron chi connectivity index (χ4n) is 3.69. The van der Waals surface area contributed by atoms with Crippen molar-refractivity contribution in [1.29, 1.82) is 0 Å². The van der Waals surface area contributed by atoms with Crippen LogP contribution in [0.4, 0.5) is 0 Å². The predicted octanol–water partition coefficient (Wildman–Crippen LogP) is 2.50. The van der Waals surface area contributed by atoms with E-state index in [1.165, 1.54) is 29.0 Å². The van der Waals surface area contributed by atoms with Gasteiger partial charge in [0.05, 0.1) is 12.8 Å². The largest absolute Gasteiger partial charge is 0.357 e. The van der Waals surface area contributed by atoms with Gasteiger partial charge in [-0.1, -0.05) is 37.3 Å². The Balaban J connectivity index is 0.00000450. The molecule has 0 aliphatic carbocycles. The first-order valence-electron chi connectivity index (χ1n) is 10.7. The molecule has 1 aliphatic rings. The molecule has 0 spiro atoms. The van der Waals surface area contributed by atoms with Crippen molar-refractivity contribution < 1.29 is 8.42 Å². The maximum absolute atomic E-state index is 11.7. The van der Waals surface area contributed by atoms with Crippen molar-refractivity contribution in [1.82, 2.24) is 19.8 Å². The lowest BCUT2D eigenvalue weighted by Crippen LogP contribution is -2.40. The molecule has 1 aromatic carbocycles. The Morgan fingerprint density at radius 1 is 1.23 bits per heavy atom. The quantitative estimate of drug-likeness (QED) is 0.191. The molecule has 1 aromatic rings. The number of hydrogen-bond donors (Lipinski definition) is 2. The average Bonchev–Trinajstić information content (AvgIpc) is 3.12. The van der Waals surface area contributed by atoms with E-state index in [1.807, 2.05) is 6.92 Å². The first-order valence-corrected chi connectivity index (χ1v) is 12.5. The minimum Gasteiger partial charge on any atom is -0.357 e. The third-order valence-electron chi connectivity index (χ3n) is 5.23. The SMILES string of the molecule is CCNC(=NCC1CCCN1Cc1ccccc1)NCCCN(CC)S(C)(=O)=O.I. The zero-order valence-corrected chi connectivity index (χ0v) is 21.7. The molecule has 0 radical (unpaired) electrons. The second kappa shape index (κ2) is 14.2. The van der Waals surface area contributed by atoms with Crippen molar-refractivity contribution >= 4 is 40.0 Å². The lowest BCUT2D eigenvalue weighted by atomic mass is 10.2. The normalized spacial score (nSPS) is 17.7. The first kappa shape index (κ1) is 27.1. The maximum atomic E-state index is 11.7. The zero-order chi connectivity index (χ0) is 21.1. The fourth-order valence-corrected chi connectivity index (χ4v) is 4.62. The molecule has 9 heteroatoms. The van der Waals surface area contributed by atoms with Crippen LogP contribution in [0.25, 0.3) is 0 Å². The van der Waals surface area contributed by atoms with Crippen LogP contribution in [-0.2, 0) is 16.6 Å². The minimum atomic E-state index is -3.13. The Morgan fingerprint density at radius 3 is 2.60 bits per heavy atom. The van der Waals surface area contributed by atoms with Gasteiger partial charge in [-0.2, -0.15) is 0 Å². The van der Waals surface area contributed by atoms with E-state index in [1.54, 1.807) is 0 Å². The number of nitrogens with one attached hydrogen (secondary N) is 2. The van der Waals surface area contributed by atoms with Gasteiger partial charge in [0.25, 0.3) is 0 Å². The highest BCUT2D eigenvalue weighted by molar-refractivity contribution is 14.0. The van der Waals surface area contributed by atoms with E-state index < -0.39 is 10.0 Å². The smallest absolute Gasteiger partial charge is 0.211 e. The van der Waals surface area contributed by atoms with Crippen molar-refractivity contribution in [3.05, 3.63) is 35.9 Å². The van der Waals surface area contributed by atoms with Crippen LogP contribution in [0, 0.1) is 0 Å². The summed E-state index contributed by atoms with van der Waals surface area (Å²) < 4.78 is 24.8. The number of aliphatic imine (C=N–C) groups is 1. The molecule has 7 nitrogen and oxygen atoms in total. The van der Waals surface area contributed by atoms with Crippen LogP contribution in [0.1, 0.15) is 38.7 Å². The van der Waals surface area contributed by atoms with Crippen LogP contribution in [0.15, 0.2) is 35.3 Å². The summed E-state index contributed by atoms with van der Waals surface area (Å²) in [7, 11) is -3.13. The Labute approximate surface area is 199 Å². The van der Waals surface area contributed by atoms with Gasteiger partial charge in [-0.15, -0.1) is 24.0 Å². The minimum absolute atomic E-state index is 0. The number of guanidine groups is 1. The topological polar surface area (TPSA) is 77.0 Å². The summed E-state index contributed by atoms with van der Waals surface area (Å²) in [6.07, 6.45) is 4.40. The summed E-state index contributed by atoms with van der Waals surface area (Å²) in [6.45, 7) is 9.30. The molecular formula is C21H38IN5O2S. The molecule has 0 bridgehead atoms. The molecule has 1 heterocycles. The van der Waals surface area contributed by atoms with Crippen molar-refractivity contribution in [2.45, 2.75) is 45.7 Å². The second-order valence-corrected chi connectivity index (χ2v) is 9.49. The third kappa shape index (κ3) is 9.49. The van der Waals surface area contributed by atoms with Gasteiger partial charge in [0, 0.05) is 38.8 Å². The summed E-state index contributed by atoms with van der Waals surface area (Å²) >= 11 is 0. The van der Waals surface area contributed by atoms with E-state index in [0.29, 0.717) is 25.7 Å². The van der Waals surface area contributed by atoms with Crippen molar-refractivity contribution in [2.75, 3.05) is 45.5 Å². The highest BCUT2D eigenvalue weighted by Gasteiger charge is 2.24. The maximum Gasteiger partial charge on any atom is 0.211 e. The van der Waals surface area contributed by atoms with Gasteiger partial charge in [-0.3, -0.25) is 9.89 Å². The molecule has 30 heavy (non-hydrogen) atoms. The molecule has 1 atom stereocenters. The Hall–Kier alpha value is -0.910. The van der Waals surface area contributed by atoms with Crippen LogP contribution < -0.4 is 10.6 Å². The molecule has 0 amide bonds. The summed E-state index contributed by atoms with van der Waals surface area (Å²) in [5.74, 6) is 0.807. The Bertz CT molecular complexity index is 730. The lowest BCUT2D eigenvalue weighted by Gasteiger charge is -2.23. The van der Waals surface area contributed by atoms with E-state index in [4.69, 9.17) is 4.99 Å². The van der Waals surface area contributed by atoms with Crippen LogP contribution in [-0.4, -0.2) is 75.1 Å². The number of likely N-dealkylation sites (tertiary alicyclic amines) is 1. The third-order valence-corrected chi connectivity index (χ3v) is 6.61. The predicted molar refractivity (Wildman–Crippen MR) is 136 cm³/mol. The summed E-state index contributed by atoms with van der Waals surface area (Å²) in [5, 5.41) is 6.63. The van der Waals surface area contributed by atoms with Gasteiger partial charge in [0.15, 0.2) is 5.96 Å².